The fraction of sp³-hybridized carbons (Fsp3) is 0.462. The summed E-state index contributed by atoms with van der Waals surface area (Å²) < 4.78 is 0. The monoisotopic (exact) mass is 218 g/mol. The summed E-state index contributed by atoms with van der Waals surface area (Å²) in [5, 5.41) is 17.3. The third-order valence-electron chi connectivity index (χ3n) is 2.59. The number of nitrogens with zero attached hydrogens (tertiary/aromatic N) is 2. The highest BCUT2D eigenvalue weighted by Crippen LogP contribution is 2.14. The van der Waals surface area contributed by atoms with Gasteiger partial charge in [-0.25, -0.2) is 0 Å². The maximum Gasteiger partial charge on any atom is 0.0991 e. The molecule has 86 valence electrons. The smallest absolute Gasteiger partial charge is 0.0991 e. The summed E-state index contributed by atoms with van der Waals surface area (Å²) in [4.78, 5) is 2.17. The SMILES string of the molecule is CN(CCCCCO)c1ccc(C#N)cc1. The van der Waals surface area contributed by atoms with Gasteiger partial charge in [0.05, 0.1) is 11.6 Å². The molecule has 0 atom stereocenters. The van der Waals surface area contributed by atoms with Crippen molar-refractivity contribution < 1.29 is 5.11 Å². The maximum atomic E-state index is 8.68. The van der Waals surface area contributed by atoms with Crippen molar-refractivity contribution in [2.24, 2.45) is 0 Å². The average Bonchev–Trinajstić information content (AvgIpc) is 2.34. The lowest BCUT2D eigenvalue weighted by Crippen LogP contribution is -2.18. The number of aliphatic hydroxyl groups is 1. The van der Waals surface area contributed by atoms with Gasteiger partial charge in [0, 0.05) is 25.9 Å². The molecule has 0 saturated heterocycles. The van der Waals surface area contributed by atoms with Crippen molar-refractivity contribution in [3.05, 3.63) is 29.8 Å². The number of hydrogen-bond acceptors (Lipinski definition) is 3. The summed E-state index contributed by atoms with van der Waals surface area (Å²) in [5.41, 5.74) is 1.82. The Morgan fingerprint density at radius 3 is 2.44 bits per heavy atom. The van der Waals surface area contributed by atoms with E-state index >= 15 is 0 Å². The minimum Gasteiger partial charge on any atom is -0.396 e. The Hall–Kier alpha value is -1.53. The molecule has 0 saturated carbocycles. The Labute approximate surface area is 96.9 Å². The highest BCUT2D eigenvalue weighted by Gasteiger charge is 2.00. The zero-order valence-corrected chi connectivity index (χ0v) is 9.69. The van der Waals surface area contributed by atoms with Crippen molar-refractivity contribution in [1.29, 1.82) is 5.26 Å². The summed E-state index contributed by atoms with van der Waals surface area (Å²) >= 11 is 0. The van der Waals surface area contributed by atoms with Gasteiger partial charge in [-0.15, -0.1) is 0 Å². The van der Waals surface area contributed by atoms with Crippen LogP contribution in [0.4, 0.5) is 5.69 Å². The lowest BCUT2D eigenvalue weighted by Gasteiger charge is -2.19. The Morgan fingerprint density at radius 2 is 1.88 bits per heavy atom. The average molecular weight is 218 g/mol. The summed E-state index contributed by atoms with van der Waals surface area (Å²) in [6.07, 6.45) is 3.01. The Bertz CT molecular complexity index is 340. The topological polar surface area (TPSA) is 47.3 Å². The van der Waals surface area contributed by atoms with Crippen molar-refractivity contribution in [3.63, 3.8) is 0 Å². The molecule has 0 radical (unpaired) electrons. The highest BCUT2D eigenvalue weighted by molar-refractivity contribution is 5.48. The first-order chi connectivity index (χ1) is 7.77. The lowest BCUT2D eigenvalue weighted by molar-refractivity contribution is 0.283. The molecule has 1 aromatic carbocycles. The number of benzene rings is 1. The van der Waals surface area contributed by atoms with Crippen LogP contribution in [0.3, 0.4) is 0 Å². The molecule has 0 aromatic heterocycles. The molecule has 0 amide bonds. The minimum atomic E-state index is 0.278. The first kappa shape index (κ1) is 12.5. The molecule has 1 rings (SSSR count). The zero-order valence-electron chi connectivity index (χ0n) is 9.69. The lowest BCUT2D eigenvalue weighted by atomic mass is 10.2. The first-order valence-corrected chi connectivity index (χ1v) is 5.60. The first-order valence-electron chi connectivity index (χ1n) is 5.60. The van der Waals surface area contributed by atoms with Crippen molar-refractivity contribution in [3.8, 4) is 6.07 Å². The molecular formula is C13H18N2O. The maximum absolute atomic E-state index is 8.68. The van der Waals surface area contributed by atoms with Gasteiger partial charge in [0.1, 0.15) is 0 Å². The third kappa shape index (κ3) is 3.92. The van der Waals surface area contributed by atoms with Gasteiger partial charge < -0.3 is 10.0 Å². The quantitative estimate of drug-likeness (QED) is 0.744. The van der Waals surface area contributed by atoms with Crippen LogP contribution in [-0.4, -0.2) is 25.3 Å². The fourth-order valence-electron chi connectivity index (χ4n) is 1.56. The van der Waals surface area contributed by atoms with Crippen LogP contribution in [0.15, 0.2) is 24.3 Å². The van der Waals surface area contributed by atoms with E-state index in [9.17, 15) is 0 Å². The number of aliphatic hydroxyl groups excluding tert-OH is 1. The second-order valence-corrected chi connectivity index (χ2v) is 3.86. The molecule has 0 aliphatic carbocycles. The Morgan fingerprint density at radius 1 is 1.19 bits per heavy atom. The van der Waals surface area contributed by atoms with Gasteiger partial charge in [-0.05, 0) is 43.5 Å². The van der Waals surface area contributed by atoms with Crippen LogP contribution in [0.5, 0.6) is 0 Å². The van der Waals surface area contributed by atoms with Gasteiger partial charge in [0.2, 0.25) is 0 Å². The molecule has 0 aliphatic heterocycles. The number of unbranched alkanes of at least 4 members (excludes halogenated alkanes) is 2. The summed E-state index contributed by atoms with van der Waals surface area (Å²) in [6.45, 7) is 1.26. The highest BCUT2D eigenvalue weighted by atomic mass is 16.2. The van der Waals surface area contributed by atoms with Crippen LogP contribution >= 0.6 is 0 Å². The van der Waals surface area contributed by atoms with Gasteiger partial charge in [-0.1, -0.05) is 0 Å². The van der Waals surface area contributed by atoms with E-state index in [4.69, 9.17) is 10.4 Å². The van der Waals surface area contributed by atoms with Gasteiger partial charge in [-0.2, -0.15) is 5.26 Å². The molecule has 1 aromatic rings. The van der Waals surface area contributed by atoms with Crippen LogP contribution < -0.4 is 4.90 Å². The molecular weight excluding hydrogens is 200 g/mol. The molecule has 1 N–H and O–H groups in total. The molecule has 0 aliphatic rings. The summed E-state index contributed by atoms with van der Waals surface area (Å²) in [5.74, 6) is 0. The molecule has 0 heterocycles. The van der Waals surface area contributed by atoms with Crippen LogP contribution in [0, 0.1) is 11.3 Å². The molecule has 0 fully saturated rings. The van der Waals surface area contributed by atoms with Gasteiger partial charge >= 0.3 is 0 Å². The zero-order chi connectivity index (χ0) is 11.8. The van der Waals surface area contributed by atoms with Gasteiger partial charge in [0.15, 0.2) is 0 Å². The molecule has 0 spiro atoms. The molecule has 3 heteroatoms. The molecule has 0 unspecified atom stereocenters. The normalized spacial score (nSPS) is 9.81. The molecule has 16 heavy (non-hydrogen) atoms. The third-order valence-corrected chi connectivity index (χ3v) is 2.59. The van der Waals surface area contributed by atoms with E-state index in [0.717, 1.165) is 31.5 Å². The van der Waals surface area contributed by atoms with Crippen LogP contribution in [0.25, 0.3) is 0 Å². The largest absolute Gasteiger partial charge is 0.396 e. The number of rotatable bonds is 6. The van der Waals surface area contributed by atoms with Crippen LogP contribution in [0.2, 0.25) is 0 Å². The van der Waals surface area contributed by atoms with E-state index in [1.54, 1.807) is 0 Å². The molecule has 0 bridgehead atoms. The minimum absolute atomic E-state index is 0.278. The Kier molecular flexibility index (Phi) is 5.38. The van der Waals surface area contributed by atoms with Gasteiger partial charge in [-0.3, -0.25) is 0 Å². The molecule has 3 nitrogen and oxygen atoms in total. The van der Waals surface area contributed by atoms with Crippen LogP contribution in [0.1, 0.15) is 24.8 Å². The number of anilines is 1. The predicted molar refractivity (Wildman–Crippen MR) is 65.4 cm³/mol. The van der Waals surface area contributed by atoms with E-state index in [2.05, 4.69) is 11.0 Å². The van der Waals surface area contributed by atoms with E-state index < -0.39 is 0 Å². The van der Waals surface area contributed by atoms with Crippen molar-refractivity contribution >= 4 is 5.69 Å². The van der Waals surface area contributed by atoms with Gasteiger partial charge in [0.25, 0.3) is 0 Å². The Balaban J connectivity index is 2.40. The van der Waals surface area contributed by atoms with E-state index in [1.165, 1.54) is 0 Å². The predicted octanol–water partition coefficient (Wildman–Crippen LogP) is 2.16. The van der Waals surface area contributed by atoms with E-state index in [0.29, 0.717) is 5.56 Å². The number of nitriles is 1. The second-order valence-electron chi connectivity index (χ2n) is 3.86. The summed E-state index contributed by atoms with van der Waals surface area (Å²) in [7, 11) is 2.04. The summed E-state index contributed by atoms with van der Waals surface area (Å²) in [6, 6.07) is 9.70. The van der Waals surface area contributed by atoms with Crippen molar-refractivity contribution in [2.75, 3.05) is 25.1 Å². The van der Waals surface area contributed by atoms with Crippen LogP contribution in [-0.2, 0) is 0 Å². The fourth-order valence-corrected chi connectivity index (χ4v) is 1.56. The standard InChI is InChI=1S/C13H18N2O/c1-15(9-3-2-4-10-16)13-7-5-12(11-14)6-8-13/h5-8,16H,2-4,9-10H2,1H3. The van der Waals surface area contributed by atoms with E-state index in [-0.39, 0.29) is 6.61 Å². The second kappa shape index (κ2) is 6.86. The number of hydrogen-bond donors (Lipinski definition) is 1. The van der Waals surface area contributed by atoms with Crippen molar-refractivity contribution in [2.45, 2.75) is 19.3 Å². The van der Waals surface area contributed by atoms with Crippen molar-refractivity contribution in [1.82, 2.24) is 0 Å². The van der Waals surface area contributed by atoms with E-state index in [1.807, 2.05) is 31.3 Å².